The largest absolute Gasteiger partial charge is 0.480 e. The highest BCUT2D eigenvalue weighted by atomic mass is 16.4. The highest BCUT2D eigenvalue weighted by Crippen LogP contribution is 2.39. The Morgan fingerprint density at radius 1 is 1.30 bits per heavy atom. The molecule has 108 valence electrons. The summed E-state index contributed by atoms with van der Waals surface area (Å²) in [5, 5.41) is 13.4. The Labute approximate surface area is 117 Å². The lowest BCUT2D eigenvalue weighted by atomic mass is 9.85. The zero-order chi connectivity index (χ0) is 14.1. The summed E-state index contributed by atoms with van der Waals surface area (Å²) in [6.45, 7) is 0.125. The summed E-state index contributed by atoms with van der Waals surface area (Å²) in [6, 6.07) is 1.20. The second kappa shape index (κ2) is 5.26. The number of aliphatic carboxylic acids is 1. The van der Waals surface area contributed by atoms with E-state index in [-0.39, 0.29) is 18.5 Å². The van der Waals surface area contributed by atoms with Crippen molar-refractivity contribution in [2.75, 3.05) is 0 Å². The molecule has 3 unspecified atom stereocenters. The molecule has 20 heavy (non-hydrogen) atoms. The van der Waals surface area contributed by atoms with Gasteiger partial charge in [-0.05, 0) is 31.2 Å². The van der Waals surface area contributed by atoms with Crippen molar-refractivity contribution in [3.8, 4) is 0 Å². The lowest BCUT2D eigenvalue weighted by Gasteiger charge is -2.33. The van der Waals surface area contributed by atoms with Gasteiger partial charge in [0.05, 0.1) is 0 Å². The Morgan fingerprint density at radius 2 is 2.10 bits per heavy atom. The standard InChI is InChI=1S/C14H19N3O3/c18-13(9-16-7-3-6-15-16)17-11-5-2-1-4-10(11)8-12(17)14(19)20/h3,6-7,10-12H,1-2,4-5,8-9H2,(H,19,20). The zero-order valence-corrected chi connectivity index (χ0v) is 11.3. The van der Waals surface area contributed by atoms with Crippen molar-refractivity contribution in [2.24, 2.45) is 5.92 Å². The van der Waals surface area contributed by atoms with Crippen molar-refractivity contribution in [3.63, 3.8) is 0 Å². The van der Waals surface area contributed by atoms with E-state index in [2.05, 4.69) is 5.10 Å². The molecule has 1 amide bonds. The average Bonchev–Trinajstić information content (AvgIpc) is 3.04. The smallest absolute Gasteiger partial charge is 0.326 e. The van der Waals surface area contributed by atoms with Gasteiger partial charge in [0.15, 0.2) is 0 Å². The number of amides is 1. The van der Waals surface area contributed by atoms with Gasteiger partial charge in [0.25, 0.3) is 0 Å². The van der Waals surface area contributed by atoms with E-state index in [1.54, 1.807) is 28.0 Å². The second-order valence-electron chi connectivity index (χ2n) is 5.71. The molecule has 2 aliphatic rings. The lowest BCUT2D eigenvalue weighted by Crippen LogP contribution is -2.47. The zero-order valence-electron chi connectivity index (χ0n) is 11.3. The Kier molecular flexibility index (Phi) is 3.46. The fourth-order valence-corrected chi connectivity index (χ4v) is 3.65. The second-order valence-corrected chi connectivity index (χ2v) is 5.71. The van der Waals surface area contributed by atoms with E-state index in [4.69, 9.17) is 0 Å². The lowest BCUT2D eigenvalue weighted by molar-refractivity contribution is -0.150. The summed E-state index contributed by atoms with van der Waals surface area (Å²) in [5.41, 5.74) is 0. The summed E-state index contributed by atoms with van der Waals surface area (Å²) < 4.78 is 1.55. The van der Waals surface area contributed by atoms with Gasteiger partial charge in [-0.25, -0.2) is 4.79 Å². The molecular formula is C14H19N3O3. The number of aromatic nitrogens is 2. The molecule has 3 rings (SSSR count). The summed E-state index contributed by atoms with van der Waals surface area (Å²) >= 11 is 0. The predicted octanol–water partition coefficient (Wildman–Crippen LogP) is 1.13. The number of rotatable bonds is 3. The van der Waals surface area contributed by atoms with Gasteiger partial charge >= 0.3 is 5.97 Å². The molecule has 1 aliphatic heterocycles. The van der Waals surface area contributed by atoms with E-state index < -0.39 is 12.0 Å². The summed E-state index contributed by atoms with van der Waals surface area (Å²) in [7, 11) is 0. The van der Waals surface area contributed by atoms with Crippen molar-refractivity contribution < 1.29 is 14.7 Å². The molecule has 3 atom stereocenters. The van der Waals surface area contributed by atoms with E-state index in [1.165, 1.54) is 0 Å². The van der Waals surface area contributed by atoms with E-state index in [0.717, 1.165) is 25.7 Å². The summed E-state index contributed by atoms with van der Waals surface area (Å²) in [4.78, 5) is 25.5. The normalized spacial score (nSPS) is 29.2. The van der Waals surface area contributed by atoms with Crippen LogP contribution in [0.15, 0.2) is 18.5 Å². The maximum Gasteiger partial charge on any atom is 0.326 e. The summed E-state index contributed by atoms with van der Waals surface area (Å²) in [6.07, 6.45) is 8.15. The number of carboxylic acid groups (broad SMARTS) is 1. The fourth-order valence-electron chi connectivity index (χ4n) is 3.65. The number of fused-ring (bicyclic) bond motifs is 1. The molecule has 6 nitrogen and oxygen atoms in total. The van der Waals surface area contributed by atoms with Crippen LogP contribution in [0.4, 0.5) is 0 Å². The molecule has 1 aromatic heterocycles. The molecule has 2 fully saturated rings. The predicted molar refractivity (Wildman–Crippen MR) is 70.9 cm³/mol. The molecule has 0 spiro atoms. The number of carboxylic acids is 1. The fraction of sp³-hybridized carbons (Fsp3) is 0.643. The van der Waals surface area contributed by atoms with Crippen molar-refractivity contribution in [1.82, 2.24) is 14.7 Å². The number of carbonyl (C=O) groups excluding carboxylic acids is 1. The molecule has 0 bridgehead atoms. The topological polar surface area (TPSA) is 75.4 Å². The minimum Gasteiger partial charge on any atom is -0.480 e. The van der Waals surface area contributed by atoms with Gasteiger partial charge in [-0.2, -0.15) is 5.10 Å². The van der Waals surface area contributed by atoms with Crippen LogP contribution in [-0.2, 0) is 16.1 Å². The molecule has 0 aromatic carbocycles. The first-order chi connectivity index (χ1) is 9.66. The first-order valence-electron chi connectivity index (χ1n) is 7.18. The molecule has 1 aliphatic carbocycles. The van der Waals surface area contributed by atoms with Gasteiger partial charge in [-0.3, -0.25) is 9.48 Å². The van der Waals surface area contributed by atoms with Crippen LogP contribution in [0.25, 0.3) is 0 Å². The van der Waals surface area contributed by atoms with Crippen LogP contribution in [0.2, 0.25) is 0 Å². The summed E-state index contributed by atoms with van der Waals surface area (Å²) in [5.74, 6) is -0.657. The average molecular weight is 277 g/mol. The van der Waals surface area contributed by atoms with E-state index >= 15 is 0 Å². The maximum absolute atomic E-state index is 12.5. The van der Waals surface area contributed by atoms with Gasteiger partial charge in [0.2, 0.25) is 5.91 Å². The van der Waals surface area contributed by atoms with Crippen LogP contribution < -0.4 is 0 Å². The van der Waals surface area contributed by atoms with Crippen molar-refractivity contribution >= 4 is 11.9 Å². The first kappa shape index (κ1) is 13.1. The van der Waals surface area contributed by atoms with Crippen molar-refractivity contribution in [2.45, 2.75) is 50.7 Å². The quantitative estimate of drug-likeness (QED) is 0.898. The maximum atomic E-state index is 12.5. The molecule has 2 heterocycles. The van der Waals surface area contributed by atoms with E-state index in [9.17, 15) is 14.7 Å². The number of hydrogen-bond acceptors (Lipinski definition) is 3. The van der Waals surface area contributed by atoms with Crippen LogP contribution in [0.5, 0.6) is 0 Å². The van der Waals surface area contributed by atoms with Gasteiger partial charge in [0.1, 0.15) is 12.6 Å². The van der Waals surface area contributed by atoms with Crippen LogP contribution in [0.3, 0.4) is 0 Å². The van der Waals surface area contributed by atoms with Gasteiger partial charge in [0, 0.05) is 18.4 Å². The molecule has 1 aromatic rings. The molecule has 1 saturated heterocycles. The minimum atomic E-state index is -0.881. The Balaban J connectivity index is 1.79. The van der Waals surface area contributed by atoms with Crippen LogP contribution in [0, 0.1) is 5.92 Å². The number of hydrogen-bond donors (Lipinski definition) is 1. The third kappa shape index (κ3) is 2.30. The van der Waals surface area contributed by atoms with Gasteiger partial charge in [-0.15, -0.1) is 0 Å². The molecule has 0 radical (unpaired) electrons. The third-order valence-electron chi connectivity index (χ3n) is 4.52. The van der Waals surface area contributed by atoms with Crippen LogP contribution in [-0.4, -0.2) is 43.7 Å². The van der Waals surface area contributed by atoms with Crippen LogP contribution >= 0.6 is 0 Å². The minimum absolute atomic E-state index is 0.105. The molecule has 1 N–H and O–H groups in total. The SMILES string of the molecule is O=C(O)C1CC2CCCCC2N1C(=O)Cn1cccn1. The highest BCUT2D eigenvalue weighted by molar-refractivity contribution is 5.84. The molecule has 1 saturated carbocycles. The molecular weight excluding hydrogens is 258 g/mol. The number of likely N-dealkylation sites (tertiary alicyclic amines) is 1. The first-order valence-corrected chi connectivity index (χ1v) is 7.18. The van der Waals surface area contributed by atoms with Crippen LogP contribution in [0.1, 0.15) is 32.1 Å². The number of carbonyl (C=O) groups is 2. The Hall–Kier alpha value is -1.85. The van der Waals surface area contributed by atoms with Gasteiger partial charge < -0.3 is 10.0 Å². The number of nitrogens with zero attached hydrogens (tertiary/aromatic N) is 3. The Bertz CT molecular complexity index is 500. The third-order valence-corrected chi connectivity index (χ3v) is 4.52. The Morgan fingerprint density at radius 3 is 2.80 bits per heavy atom. The van der Waals surface area contributed by atoms with Crippen molar-refractivity contribution in [1.29, 1.82) is 0 Å². The molecule has 6 heteroatoms. The van der Waals surface area contributed by atoms with Gasteiger partial charge in [-0.1, -0.05) is 12.8 Å². The van der Waals surface area contributed by atoms with E-state index in [0.29, 0.717) is 12.3 Å². The highest BCUT2D eigenvalue weighted by Gasteiger charge is 2.47. The van der Waals surface area contributed by atoms with Crippen molar-refractivity contribution in [3.05, 3.63) is 18.5 Å². The van der Waals surface area contributed by atoms with E-state index in [1.807, 2.05) is 0 Å². The monoisotopic (exact) mass is 277 g/mol.